The lowest BCUT2D eigenvalue weighted by Crippen LogP contribution is -2.47. The minimum Gasteiger partial charge on any atom is -0.319 e. The molecule has 14 heavy (non-hydrogen) atoms. The smallest absolute Gasteiger partial charge is 0.155 e. The van der Waals surface area contributed by atoms with Gasteiger partial charge in [-0.25, -0.2) is 0 Å². The maximum atomic E-state index is 12.1. The zero-order valence-electron chi connectivity index (χ0n) is 9.68. The van der Waals surface area contributed by atoms with Crippen molar-refractivity contribution in [2.24, 2.45) is 17.6 Å². The average molecular weight is 197 g/mol. The summed E-state index contributed by atoms with van der Waals surface area (Å²) in [4.78, 5) is 12.1. The van der Waals surface area contributed by atoms with Gasteiger partial charge in [0, 0.05) is 5.92 Å². The van der Waals surface area contributed by atoms with Gasteiger partial charge in [-0.2, -0.15) is 0 Å². The van der Waals surface area contributed by atoms with E-state index >= 15 is 0 Å². The minimum atomic E-state index is -0.643. The van der Waals surface area contributed by atoms with E-state index in [1.165, 1.54) is 19.3 Å². The summed E-state index contributed by atoms with van der Waals surface area (Å²) in [7, 11) is 0. The molecule has 2 atom stereocenters. The first kappa shape index (κ1) is 11.7. The lowest BCUT2D eigenvalue weighted by molar-refractivity contribution is -0.130. The van der Waals surface area contributed by atoms with Gasteiger partial charge in [-0.15, -0.1) is 0 Å². The zero-order valence-corrected chi connectivity index (χ0v) is 9.68. The second-order valence-electron chi connectivity index (χ2n) is 5.15. The lowest BCUT2D eigenvalue weighted by Gasteiger charge is -2.33. The number of ketones is 1. The summed E-state index contributed by atoms with van der Waals surface area (Å²) >= 11 is 0. The molecule has 0 radical (unpaired) electrons. The van der Waals surface area contributed by atoms with Crippen LogP contribution in [0.25, 0.3) is 0 Å². The first-order chi connectivity index (χ1) is 6.46. The van der Waals surface area contributed by atoms with Crippen LogP contribution in [-0.4, -0.2) is 11.3 Å². The molecule has 1 aliphatic carbocycles. The quantitative estimate of drug-likeness (QED) is 0.755. The van der Waals surface area contributed by atoms with Gasteiger partial charge in [0.2, 0.25) is 0 Å². The Morgan fingerprint density at radius 3 is 2.43 bits per heavy atom. The third kappa shape index (κ3) is 2.57. The van der Waals surface area contributed by atoms with Crippen molar-refractivity contribution < 1.29 is 4.79 Å². The number of carbonyl (C=O) groups is 1. The number of hydrogen-bond donors (Lipinski definition) is 1. The van der Waals surface area contributed by atoms with Crippen LogP contribution < -0.4 is 5.73 Å². The molecule has 0 amide bonds. The van der Waals surface area contributed by atoms with Crippen LogP contribution in [0.2, 0.25) is 0 Å². The number of Topliss-reactive ketones (excluding diaryl/α,β-unsaturated/α-hetero) is 1. The van der Waals surface area contributed by atoms with Crippen molar-refractivity contribution in [2.75, 3.05) is 0 Å². The van der Waals surface area contributed by atoms with E-state index in [0.717, 1.165) is 12.8 Å². The van der Waals surface area contributed by atoms with E-state index in [1.807, 2.05) is 13.8 Å². The van der Waals surface area contributed by atoms with Crippen molar-refractivity contribution in [3.63, 3.8) is 0 Å². The zero-order chi connectivity index (χ0) is 10.8. The van der Waals surface area contributed by atoms with Crippen molar-refractivity contribution in [1.29, 1.82) is 0 Å². The van der Waals surface area contributed by atoms with E-state index in [1.54, 1.807) is 0 Å². The lowest BCUT2D eigenvalue weighted by atomic mass is 9.72. The number of hydrogen-bond acceptors (Lipinski definition) is 2. The van der Waals surface area contributed by atoms with Gasteiger partial charge >= 0.3 is 0 Å². The fraction of sp³-hybridized carbons (Fsp3) is 0.917. The molecule has 1 rings (SSSR count). The third-order valence-electron chi connectivity index (χ3n) is 3.41. The summed E-state index contributed by atoms with van der Waals surface area (Å²) in [6.45, 7) is 5.84. The maximum Gasteiger partial charge on any atom is 0.155 e. The minimum absolute atomic E-state index is 0.230. The highest BCUT2D eigenvalue weighted by molar-refractivity contribution is 5.89. The molecule has 1 saturated carbocycles. The molecule has 0 spiro atoms. The predicted octanol–water partition coefficient (Wildman–Crippen LogP) is 2.51. The average Bonchev–Trinajstić information content (AvgIpc) is 2.15. The Kier molecular flexibility index (Phi) is 3.71. The van der Waals surface area contributed by atoms with Crippen LogP contribution in [0, 0.1) is 11.8 Å². The van der Waals surface area contributed by atoms with Crippen LogP contribution in [0.3, 0.4) is 0 Å². The molecule has 1 aliphatic rings. The molecule has 2 heteroatoms. The second kappa shape index (κ2) is 4.43. The molecule has 0 bridgehead atoms. The first-order valence-electron chi connectivity index (χ1n) is 5.80. The van der Waals surface area contributed by atoms with E-state index in [0.29, 0.717) is 5.92 Å². The normalized spacial score (nSPS) is 28.9. The molecular formula is C12H23NO. The molecule has 0 aliphatic heterocycles. The van der Waals surface area contributed by atoms with Crippen LogP contribution in [0.1, 0.15) is 52.9 Å². The fourth-order valence-electron chi connectivity index (χ4n) is 2.52. The third-order valence-corrected chi connectivity index (χ3v) is 3.41. The summed E-state index contributed by atoms with van der Waals surface area (Å²) in [5.74, 6) is 1.08. The summed E-state index contributed by atoms with van der Waals surface area (Å²) in [6.07, 6.45) is 5.86. The second-order valence-corrected chi connectivity index (χ2v) is 5.15. The summed E-state index contributed by atoms with van der Waals surface area (Å²) < 4.78 is 0. The Balaban J connectivity index is 2.69. The number of carbonyl (C=O) groups excluding carboxylic acids is 1. The van der Waals surface area contributed by atoms with Crippen molar-refractivity contribution in [3.05, 3.63) is 0 Å². The predicted molar refractivity (Wildman–Crippen MR) is 59.0 cm³/mol. The molecule has 2 nitrogen and oxygen atoms in total. The molecule has 1 fully saturated rings. The van der Waals surface area contributed by atoms with E-state index in [2.05, 4.69) is 6.92 Å². The molecule has 0 aromatic rings. The Labute approximate surface area is 87.2 Å². The SMILES string of the molecule is CCC1CCCCC1C(=O)C(C)(C)N. The van der Waals surface area contributed by atoms with Crippen molar-refractivity contribution in [2.45, 2.75) is 58.4 Å². The standard InChI is InChI=1S/C12H23NO/c1-4-9-7-5-6-8-10(9)11(14)12(2,3)13/h9-10H,4-8,13H2,1-3H3. The largest absolute Gasteiger partial charge is 0.319 e. The topological polar surface area (TPSA) is 43.1 Å². The Bertz CT molecular complexity index is 205. The summed E-state index contributed by atoms with van der Waals surface area (Å²) in [5.41, 5.74) is 5.23. The molecule has 2 N–H and O–H groups in total. The molecule has 0 saturated heterocycles. The first-order valence-corrected chi connectivity index (χ1v) is 5.80. The van der Waals surface area contributed by atoms with E-state index in [9.17, 15) is 4.79 Å². The van der Waals surface area contributed by atoms with E-state index < -0.39 is 5.54 Å². The van der Waals surface area contributed by atoms with E-state index in [4.69, 9.17) is 5.73 Å². The van der Waals surface area contributed by atoms with Crippen molar-refractivity contribution in [1.82, 2.24) is 0 Å². The Morgan fingerprint density at radius 2 is 1.93 bits per heavy atom. The molecule has 82 valence electrons. The molecular weight excluding hydrogens is 174 g/mol. The van der Waals surface area contributed by atoms with Crippen LogP contribution in [-0.2, 0) is 4.79 Å². The van der Waals surface area contributed by atoms with Gasteiger partial charge in [0.05, 0.1) is 5.54 Å². The van der Waals surface area contributed by atoms with Gasteiger partial charge in [0.25, 0.3) is 0 Å². The van der Waals surface area contributed by atoms with Crippen LogP contribution >= 0.6 is 0 Å². The number of nitrogens with two attached hydrogens (primary N) is 1. The van der Waals surface area contributed by atoms with Gasteiger partial charge in [0.15, 0.2) is 5.78 Å². The highest BCUT2D eigenvalue weighted by Gasteiger charge is 2.35. The van der Waals surface area contributed by atoms with Gasteiger partial charge < -0.3 is 5.73 Å². The van der Waals surface area contributed by atoms with Crippen molar-refractivity contribution >= 4 is 5.78 Å². The highest BCUT2D eigenvalue weighted by Crippen LogP contribution is 2.34. The monoisotopic (exact) mass is 197 g/mol. The van der Waals surface area contributed by atoms with Gasteiger partial charge in [-0.05, 0) is 32.6 Å². The number of rotatable bonds is 3. The highest BCUT2D eigenvalue weighted by atomic mass is 16.1. The van der Waals surface area contributed by atoms with Crippen LogP contribution in [0.15, 0.2) is 0 Å². The van der Waals surface area contributed by atoms with Gasteiger partial charge in [-0.1, -0.05) is 26.2 Å². The molecule has 0 aromatic heterocycles. The Morgan fingerprint density at radius 1 is 1.36 bits per heavy atom. The fourth-order valence-corrected chi connectivity index (χ4v) is 2.52. The van der Waals surface area contributed by atoms with Crippen LogP contribution in [0.4, 0.5) is 0 Å². The molecule has 0 heterocycles. The Hall–Kier alpha value is -0.370. The van der Waals surface area contributed by atoms with Gasteiger partial charge in [-0.3, -0.25) is 4.79 Å². The van der Waals surface area contributed by atoms with Gasteiger partial charge in [0.1, 0.15) is 0 Å². The van der Waals surface area contributed by atoms with E-state index in [-0.39, 0.29) is 11.7 Å². The van der Waals surface area contributed by atoms with Crippen LogP contribution in [0.5, 0.6) is 0 Å². The molecule has 2 unspecified atom stereocenters. The maximum absolute atomic E-state index is 12.1. The van der Waals surface area contributed by atoms with Crippen molar-refractivity contribution in [3.8, 4) is 0 Å². The molecule has 0 aromatic carbocycles. The summed E-state index contributed by atoms with van der Waals surface area (Å²) in [5, 5.41) is 0. The summed E-state index contributed by atoms with van der Waals surface area (Å²) in [6, 6.07) is 0.